The van der Waals surface area contributed by atoms with Gasteiger partial charge in [0.25, 0.3) is 5.91 Å². The topological polar surface area (TPSA) is 49.9 Å². The Morgan fingerprint density at radius 3 is 2.32 bits per heavy atom. The molecule has 0 unspecified atom stereocenters. The van der Waals surface area contributed by atoms with Gasteiger partial charge in [0.1, 0.15) is 5.75 Å². The van der Waals surface area contributed by atoms with Crippen molar-refractivity contribution in [2.75, 3.05) is 32.8 Å². The Morgan fingerprint density at radius 1 is 1.00 bits per heavy atom. The van der Waals surface area contributed by atoms with Crippen molar-refractivity contribution in [1.29, 1.82) is 0 Å². The number of benzene rings is 2. The molecule has 148 valence electrons. The summed E-state index contributed by atoms with van der Waals surface area (Å²) in [7, 11) is 0. The Labute approximate surface area is 170 Å². The molecule has 1 heterocycles. The highest BCUT2D eigenvalue weighted by atomic mass is 35.5. The highest BCUT2D eigenvalue weighted by molar-refractivity contribution is 6.30. The number of piperazine rings is 1. The molecule has 5 nitrogen and oxygen atoms in total. The van der Waals surface area contributed by atoms with E-state index in [2.05, 4.69) is 6.92 Å². The van der Waals surface area contributed by atoms with Crippen LogP contribution in [-0.2, 0) is 11.2 Å². The summed E-state index contributed by atoms with van der Waals surface area (Å²) >= 11 is 5.92. The minimum atomic E-state index is 0.0269. The van der Waals surface area contributed by atoms with Crippen LogP contribution in [0.4, 0.5) is 0 Å². The number of carbonyl (C=O) groups is 2. The Hall–Kier alpha value is -2.53. The van der Waals surface area contributed by atoms with Crippen LogP contribution in [0.3, 0.4) is 0 Å². The normalized spacial score (nSPS) is 14.1. The summed E-state index contributed by atoms with van der Waals surface area (Å²) < 4.78 is 5.59. The maximum atomic E-state index is 12.6. The van der Waals surface area contributed by atoms with Crippen molar-refractivity contribution in [1.82, 2.24) is 9.80 Å². The van der Waals surface area contributed by atoms with Crippen molar-refractivity contribution >= 4 is 23.4 Å². The molecule has 0 saturated carbocycles. The number of amides is 2. The molecule has 3 rings (SSSR count). The smallest absolute Gasteiger partial charge is 0.253 e. The van der Waals surface area contributed by atoms with Crippen LogP contribution in [0, 0.1) is 0 Å². The Kier molecular flexibility index (Phi) is 6.93. The highest BCUT2D eigenvalue weighted by Crippen LogP contribution is 2.17. The fraction of sp³-hybridized carbons (Fsp3) is 0.364. The molecule has 0 aliphatic carbocycles. The number of rotatable bonds is 6. The maximum absolute atomic E-state index is 12.6. The lowest BCUT2D eigenvalue weighted by molar-refractivity contribution is -0.133. The molecule has 0 atom stereocenters. The largest absolute Gasteiger partial charge is 0.493 e. The molecule has 0 N–H and O–H groups in total. The lowest BCUT2D eigenvalue weighted by Gasteiger charge is -2.35. The zero-order valence-electron chi connectivity index (χ0n) is 16.1. The monoisotopic (exact) mass is 400 g/mol. The number of hydrogen-bond acceptors (Lipinski definition) is 3. The lowest BCUT2D eigenvalue weighted by Crippen LogP contribution is -2.50. The van der Waals surface area contributed by atoms with E-state index >= 15 is 0 Å². The number of carbonyl (C=O) groups excluding carboxylic acids is 2. The van der Waals surface area contributed by atoms with Gasteiger partial charge in [-0.3, -0.25) is 9.59 Å². The molecule has 0 spiro atoms. The van der Waals surface area contributed by atoms with E-state index in [1.807, 2.05) is 41.3 Å². The van der Waals surface area contributed by atoms with E-state index < -0.39 is 0 Å². The van der Waals surface area contributed by atoms with Crippen LogP contribution in [-0.4, -0.2) is 54.4 Å². The SMILES string of the molecule is CCc1ccc(C(=O)N2CCN(C(=O)CCOc3cccc(Cl)c3)CC2)cc1. The Bertz CT molecular complexity index is 815. The summed E-state index contributed by atoms with van der Waals surface area (Å²) in [6, 6.07) is 14.9. The number of hydrogen-bond donors (Lipinski definition) is 0. The van der Waals surface area contributed by atoms with Crippen LogP contribution >= 0.6 is 11.6 Å². The Morgan fingerprint density at radius 2 is 1.68 bits per heavy atom. The van der Waals surface area contributed by atoms with E-state index in [9.17, 15) is 9.59 Å². The fourth-order valence-corrected chi connectivity index (χ4v) is 3.38. The van der Waals surface area contributed by atoms with Gasteiger partial charge in [-0.05, 0) is 42.3 Å². The number of nitrogens with zero attached hydrogens (tertiary/aromatic N) is 2. The van der Waals surface area contributed by atoms with Crippen molar-refractivity contribution in [2.45, 2.75) is 19.8 Å². The second-order valence-electron chi connectivity index (χ2n) is 6.78. The van der Waals surface area contributed by atoms with Crippen molar-refractivity contribution in [3.63, 3.8) is 0 Å². The summed E-state index contributed by atoms with van der Waals surface area (Å²) in [5, 5.41) is 0.606. The van der Waals surface area contributed by atoms with E-state index in [0.717, 1.165) is 6.42 Å². The summed E-state index contributed by atoms with van der Waals surface area (Å²) in [4.78, 5) is 28.6. The molecule has 0 radical (unpaired) electrons. The molecule has 1 saturated heterocycles. The van der Waals surface area contributed by atoms with Gasteiger partial charge in [0.15, 0.2) is 0 Å². The average Bonchev–Trinajstić information content (AvgIpc) is 2.73. The first kappa shape index (κ1) is 20.2. The molecule has 6 heteroatoms. The van der Waals surface area contributed by atoms with Gasteiger partial charge in [-0.25, -0.2) is 0 Å². The summed E-state index contributed by atoms with van der Waals surface area (Å²) in [6.07, 6.45) is 1.26. The third kappa shape index (κ3) is 5.26. The number of aryl methyl sites for hydroxylation is 1. The molecule has 1 aliphatic heterocycles. The molecule has 0 aromatic heterocycles. The summed E-state index contributed by atoms with van der Waals surface area (Å²) in [6.45, 7) is 4.60. The van der Waals surface area contributed by atoms with Crippen molar-refractivity contribution in [3.8, 4) is 5.75 Å². The van der Waals surface area contributed by atoms with Gasteiger partial charge in [-0.1, -0.05) is 36.7 Å². The molecule has 0 bridgehead atoms. The summed E-state index contributed by atoms with van der Waals surface area (Å²) in [5.74, 6) is 0.727. The van der Waals surface area contributed by atoms with E-state index in [0.29, 0.717) is 55.5 Å². The highest BCUT2D eigenvalue weighted by Gasteiger charge is 2.24. The number of ether oxygens (including phenoxy) is 1. The zero-order chi connectivity index (χ0) is 19.9. The predicted molar refractivity (Wildman–Crippen MR) is 110 cm³/mol. The van der Waals surface area contributed by atoms with Crippen LogP contribution in [0.25, 0.3) is 0 Å². The molecule has 2 aromatic rings. The lowest BCUT2D eigenvalue weighted by atomic mass is 10.1. The molecule has 1 aliphatic rings. The van der Waals surface area contributed by atoms with Crippen LogP contribution in [0.5, 0.6) is 5.75 Å². The molecule has 2 amide bonds. The average molecular weight is 401 g/mol. The van der Waals surface area contributed by atoms with Crippen LogP contribution in [0.2, 0.25) is 5.02 Å². The minimum absolute atomic E-state index is 0.0269. The Balaban J connectivity index is 1.43. The zero-order valence-corrected chi connectivity index (χ0v) is 16.8. The molecule has 28 heavy (non-hydrogen) atoms. The van der Waals surface area contributed by atoms with Gasteiger partial charge in [-0.15, -0.1) is 0 Å². The van der Waals surface area contributed by atoms with Crippen LogP contribution < -0.4 is 4.74 Å². The second kappa shape index (κ2) is 9.60. The van der Waals surface area contributed by atoms with Gasteiger partial charge in [-0.2, -0.15) is 0 Å². The first-order chi connectivity index (χ1) is 13.6. The van der Waals surface area contributed by atoms with E-state index in [4.69, 9.17) is 16.3 Å². The quantitative estimate of drug-likeness (QED) is 0.743. The van der Waals surface area contributed by atoms with Gasteiger partial charge in [0, 0.05) is 36.8 Å². The van der Waals surface area contributed by atoms with Crippen LogP contribution in [0.1, 0.15) is 29.3 Å². The maximum Gasteiger partial charge on any atom is 0.253 e. The van der Waals surface area contributed by atoms with Gasteiger partial charge in [0.2, 0.25) is 5.91 Å². The van der Waals surface area contributed by atoms with Crippen molar-refractivity contribution in [3.05, 3.63) is 64.7 Å². The second-order valence-corrected chi connectivity index (χ2v) is 7.22. The van der Waals surface area contributed by atoms with Crippen molar-refractivity contribution < 1.29 is 14.3 Å². The third-order valence-electron chi connectivity index (χ3n) is 4.91. The minimum Gasteiger partial charge on any atom is -0.493 e. The van der Waals surface area contributed by atoms with E-state index in [1.54, 1.807) is 17.0 Å². The van der Waals surface area contributed by atoms with Gasteiger partial charge in [0.05, 0.1) is 13.0 Å². The van der Waals surface area contributed by atoms with Crippen LogP contribution in [0.15, 0.2) is 48.5 Å². The van der Waals surface area contributed by atoms with Gasteiger partial charge < -0.3 is 14.5 Å². The third-order valence-corrected chi connectivity index (χ3v) is 5.14. The molecule has 2 aromatic carbocycles. The molecular weight excluding hydrogens is 376 g/mol. The van der Waals surface area contributed by atoms with E-state index in [-0.39, 0.29) is 11.8 Å². The number of halogens is 1. The first-order valence-corrected chi connectivity index (χ1v) is 9.99. The predicted octanol–water partition coefficient (Wildman–Crippen LogP) is 3.66. The molecular formula is C22H25ClN2O3. The fourth-order valence-electron chi connectivity index (χ4n) is 3.20. The molecule has 1 fully saturated rings. The summed E-state index contributed by atoms with van der Waals surface area (Å²) in [5.41, 5.74) is 1.92. The van der Waals surface area contributed by atoms with E-state index in [1.165, 1.54) is 5.56 Å². The van der Waals surface area contributed by atoms with Crippen molar-refractivity contribution in [2.24, 2.45) is 0 Å². The first-order valence-electron chi connectivity index (χ1n) is 9.61. The van der Waals surface area contributed by atoms with Gasteiger partial charge >= 0.3 is 0 Å². The standard InChI is InChI=1S/C22H25ClN2O3/c1-2-17-6-8-18(9-7-17)22(27)25-13-11-24(12-14-25)21(26)10-15-28-20-5-3-4-19(23)16-20/h3-9,16H,2,10-15H2,1H3.